The van der Waals surface area contributed by atoms with Crippen molar-refractivity contribution in [3.8, 4) is 0 Å². The third kappa shape index (κ3) is 3.75. The molecule has 0 bridgehead atoms. The Kier molecular flexibility index (Phi) is 4.71. The van der Waals surface area contributed by atoms with Gasteiger partial charge in [0, 0.05) is 23.2 Å². The molecule has 0 N–H and O–H groups in total. The van der Waals surface area contributed by atoms with Gasteiger partial charge in [0.25, 0.3) is 0 Å². The van der Waals surface area contributed by atoms with E-state index in [1.165, 1.54) is 5.56 Å². The molecule has 0 spiro atoms. The quantitative estimate of drug-likeness (QED) is 0.356. The van der Waals surface area contributed by atoms with Crippen LogP contribution in [0.1, 0.15) is 22.6 Å². The number of nitrogens with zero attached hydrogens (tertiary/aromatic N) is 2. The fraction of sp³-hybridized carbons (Fsp3) is 0.130. The van der Waals surface area contributed by atoms with Crippen molar-refractivity contribution >= 4 is 10.9 Å². The van der Waals surface area contributed by atoms with Gasteiger partial charge < -0.3 is 4.57 Å². The van der Waals surface area contributed by atoms with E-state index in [-0.39, 0.29) is 17.4 Å². The molecule has 1 heterocycles. The molecule has 3 aromatic carbocycles. The Morgan fingerprint density at radius 1 is 0.852 bits per heavy atom. The van der Waals surface area contributed by atoms with Crippen molar-refractivity contribution in [2.45, 2.75) is 12.5 Å². The number of fused-ring (bicyclic) bond motifs is 1. The molecular weight excluding hydrogens is 336 g/mol. The highest BCUT2D eigenvalue weighted by Crippen LogP contribution is 2.28. The zero-order chi connectivity index (χ0) is 18.6. The fourth-order valence-corrected chi connectivity index (χ4v) is 3.59. The van der Waals surface area contributed by atoms with Crippen LogP contribution < -0.4 is 0 Å². The van der Waals surface area contributed by atoms with Crippen LogP contribution in [0.25, 0.3) is 10.9 Å². The number of hydrogen-bond acceptors (Lipinski definition) is 2. The van der Waals surface area contributed by atoms with Gasteiger partial charge in [-0.2, -0.15) is 0 Å². The highest BCUT2D eigenvalue weighted by atomic mass is 16.6. The van der Waals surface area contributed by atoms with Crippen LogP contribution >= 0.6 is 0 Å². The van der Waals surface area contributed by atoms with Gasteiger partial charge in [0.2, 0.25) is 6.54 Å². The minimum absolute atomic E-state index is 0.111. The van der Waals surface area contributed by atoms with Gasteiger partial charge in [-0.3, -0.25) is 10.1 Å². The number of rotatable bonds is 6. The zero-order valence-corrected chi connectivity index (χ0v) is 14.9. The Labute approximate surface area is 157 Å². The van der Waals surface area contributed by atoms with Crippen molar-refractivity contribution in [2.24, 2.45) is 0 Å². The van der Waals surface area contributed by atoms with E-state index in [1.807, 2.05) is 54.6 Å². The van der Waals surface area contributed by atoms with E-state index in [9.17, 15) is 10.1 Å². The van der Waals surface area contributed by atoms with Crippen LogP contribution in [0, 0.1) is 10.1 Å². The molecule has 0 saturated carbocycles. The molecule has 0 aliphatic carbocycles. The lowest BCUT2D eigenvalue weighted by molar-refractivity contribution is -0.481. The highest BCUT2D eigenvalue weighted by molar-refractivity contribution is 5.81. The molecule has 0 aliphatic heterocycles. The van der Waals surface area contributed by atoms with Crippen LogP contribution in [0.2, 0.25) is 0 Å². The van der Waals surface area contributed by atoms with Crippen molar-refractivity contribution in [1.29, 1.82) is 0 Å². The average Bonchev–Trinajstić information content (AvgIpc) is 3.09. The van der Waals surface area contributed by atoms with Crippen LogP contribution in [0.15, 0.2) is 91.1 Å². The normalized spacial score (nSPS) is 12.1. The topological polar surface area (TPSA) is 48.1 Å². The van der Waals surface area contributed by atoms with Gasteiger partial charge in [0.05, 0.1) is 5.92 Å². The predicted octanol–water partition coefficient (Wildman–Crippen LogP) is 5.10. The van der Waals surface area contributed by atoms with Crippen molar-refractivity contribution in [1.82, 2.24) is 4.57 Å². The Bertz CT molecular complexity index is 1060. The van der Waals surface area contributed by atoms with E-state index < -0.39 is 0 Å². The van der Waals surface area contributed by atoms with Gasteiger partial charge in [-0.15, -0.1) is 0 Å². The summed E-state index contributed by atoms with van der Waals surface area (Å²) < 4.78 is 2.21. The van der Waals surface area contributed by atoms with Gasteiger partial charge >= 0.3 is 0 Å². The number of nitro groups is 1. The SMILES string of the molecule is O=[N+]([O-])CC(c1ccccc1)c1ccc2c(ccn2Cc2ccccc2)c1. The standard InChI is InChI=1S/C23H20N2O2/c26-25(27)17-22(19-9-5-2-6-10-19)20-11-12-23-21(15-20)13-14-24(23)16-18-7-3-1-4-8-18/h1-15,22H,16-17H2. The molecule has 1 unspecified atom stereocenters. The Balaban J connectivity index is 1.69. The Morgan fingerprint density at radius 3 is 2.26 bits per heavy atom. The van der Waals surface area contributed by atoms with E-state index in [2.05, 4.69) is 41.1 Å². The number of aromatic nitrogens is 1. The molecule has 1 atom stereocenters. The lowest BCUT2D eigenvalue weighted by Crippen LogP contribution is -2.13. The Morgan fingerprint density at radius 2 is 1.56 bits per heavy atom. The van der Waals surface area contributed by atoms with Gasteiger partial charge in [0.15, 0.2) is 0 Å². The lowest BCUT2D eigenvalue weighted by atomic mass is 9.91. The van der Waals surface area contributed by atoms with Gasteiger partial charge in [-0.05, 0) is 40.3 Å². The minimum Gasteiger partial charge on any atom is -0.343 e. The summed E-state index contributed by atoms with van der Waals surface area (Å²) in [7, 11) is 0. The summed E-state index contributed by atoms with van der Waals surface area (Å²) in [5, 5.41) is 12.3. The third-order valence-corrected chi connectivity index (χ3v) is 4.93. The highest BCUT2D eigenvalue weighted by Gasteiger charge is 2.20. The smallest absolute Gasteiger partial charge is 0.214 e. The lowest BCUT2D eigenvalue weighted by Gasteiger charge is -2.14. The Hall–Kier alpha value is -3.40. The maximum Gasteiger partial charge on any atom is 0.214 e. The molecule has 4 nitrogen and oxygen atoms in total. The summed E-state index contributed by atoms with van der Waals surface area (Å²) in [5.74, 6) is -0.247. The summed E-state index contributed by atoms with van der Waals surface area (Å²) in [5.41, 5.74) is 4.32. The fourth-order valence-electron chi connectivity index (χ4n) is 3.59. The zero-order valence-electron chi connectivity index (χ0n) is 14.9. The van der Waals surface area contributed by atoms with Gasteiger partial charge in [-0.25, -0.2) is 0 Å². The molecule has 27 heavy (non-hydrogen) atoms. The van der Waals surface area contributed by atoms with Gasteiger partial charge in [0.1, 0.15) is 0 Å². The molecule has 4 heteroatoms. The van der Waals surface area contributed by atoms with E-state index in [0.717, 1.165) is 28.6 Å². The number of benzene rings is 3. The first kappa shape index (κ1) is 17.0. The second-order valence-corrected chi connectivity index (χ2v) is 6.73. The molecule has 1 aromatic heterocycles. The van der Waals surface area contributed by atoms with Crippen LogP contribution in [0.5, 0.6) is 0 Å². The molecule has 0 amide bonds. The molecule has 0 aliphatic rings. The van der Waals surface area contributed by atoms with Crippen molar-refractivity contribution in [3.05, 3.63) is 118 Å². The van der Waals surface area contributed by atoms with E-state index in [1.54, 1.807) is 0 Å². The molecular formula is C23H20N2O2. The molecule has 0 saturated heterocycles. The summed E-state index contributed by atoms with van der Waals surface area (Å²) in [6.07, 6.45) is 2.08. The van der Waals surface area contributed by atoms with Crippen LogP contribution in [-0.2, 0) is 6.54 Å². The van der Waals surface area contributed by atoms with Gasteiger partial charge in [-0.1, -0.05) is 66.7 Å². The van der Waals surface area contributed by atoms with Crippen LogP contribution in [0.3, 0.4) is 0 Å². The van der Waals surface area contributed by atoms with Crippen LogP contribution in [0.4, 0.5) is 0 Å². The third-order valence-electron chi connectivity index (χ3n) is 4.93. The second-order valence-electron chi connectivity index (χ2n) is 6.73. The van der Waals surface area contributed by atoms with Crippen molar-refractivity contribution < 1.29 is 4.92 Å². The maximum atomic E-state index is 11.2. The van der Waals surface area contributed by atoms with Crippen molar-refractivity contribution in [2.75, 3.05) is 6.54 Å². The largest absolute Gasteiger partial charge is 0.343 e. The summed E-state index contributed by atoms with van der Waals surface area (Å²) in [4.78, 5) is 11.0. The first-order valence-electron chi connectivity index (χ1n) is 9.00. The van der Waals surface area contributed by atoms with Crippen LogP contribution in [-0.4, -0.2) is 16.0 Å². The van der Waals surface area contributed by atoms with E-state index in [0.29, 0.717) is 0 Å². The first-order chi connectivity index (χ1) is 13.2. The molecule has 0 radical (unpaired) electrons. The average molecular weight is 356 g/mol. The predicted molar refractivity (Wildman–Crippen MR) is 108 cm³/mol. The van der Waals surface area contributed by atoms with E-state index >= 15 is 0 Å². The van der Waals surface area contributed by atoms with E-state index in [4.69, 9.17) is 0 Å². The minimum atomic E-state index is -0.247. The summed E-state index contributed by atoms with van der Waals surface area (Å²) >= 11 is 0. The molecule has 0 fully saturated rings. The first-order valence-corrected chi connectivity index (χ1v) is 9.00. The summed E-state index contributed by atoms with van der Waals surface area (Å²) in [6, 6.07) is 28.3. The summed E-state index contributed by atoms with van der Waals surface area (Å²) in [6.45, 7) is 0.695. The molecule has 4 aromatic rings. The second kappa shape index (κ2) is 7.46. The monoisotopic (exact) mass is 356 g/mol. The number of hydrogen-bond donors (Lipinski definition) is 0. The molecule has 134 valence electrons. The van der Waals surface area contributed by atoms with Crippen molar-refractivity contribution in [3.63, 3.8) is 0 Å². The molecule has 4 rings (SSSR count). The maximum absolute atomic E-state index is 11.2.